The lowest BCUT2D eigenvalue weighted by Crippen LogP contribution is -1.86. The standard InChI is InChI=1S/C9H14/c1-8-5-3-4-6-9(2)7-8/h3,5,7,9H,4,6H2,1-2H3. The molecule has 0 fully saturated rings. The van der Waals surface area contributed by atoms with Crippen LogP contribution in [0.2, 0.25) is 0 Å². The first-order chi connectivity index (χ1) is 4.29. The first-order valence-electron chi connectivity index (χ1n) is 3.64. The number of allylic oxidation sites excluding steroid dienone is 4. The monoisotopic (exact) mass is 122 g/mol. The topological polar surface area (TPSA) is 0 Å². The Kier molecular flexibility index (Phi) is 2.10. The molecule has 1 unspecified atom stereocenters. The van der Waals surface area contributed by atoms with Gasteiger partial charge < -0.3 is 0 Å². The highest BCUT2D eigenvalue weighted by Gasteiger charge is 1.98. The van der Waals surface area contributed by atoms with Gasteiger partial charge >= 0.3 is 0 Å². The largest absolute Gasteiger partial charge is 0.0843 e. The molecular formula is C9H14. The van der Waals surface area contributed by atoms with Crippen LogP contribution in [0.1, 0.15) is 26.7 Å². The van der Waals surface area contributed by atoms with Crippen molar-refractivity contribution in [2.24, 2.45) is 5.92 Å². The van der Waals surface area contributed by atoms with E-state index in [1.54, 1.807) is 0 Å². The third-order valence-electron chi connectivity index (χ3n) is 1.72. The molecule has 0 aliphatic heterocycles. The Bertz CT molecular complexity index is 140. The van der Waals surface area contributed by atoms with Gasteiger partial charge in [-0.05, 0) is 25.7 Å². The second kappa shape index (κ2) is 2.86. The molecule has 1 aliphatic rings. The zero-order valence-corrected chi connectivity index (χ0v) is 6.22. The molecule has 0 heterocycles. The molecule has 1 atom stereocenters. The lowest BCUT2D eigenvalue weighted by atomic mass is 10.1. The van der Waals surface area contributed by atoms with Crippen molar-refractivity contribution in [2.75, 3.05) is 0 Å². The number of hydrogen-bond donors (Lipinski definition) is 0. The van der Waals surface area contributed by atoms with Gasteiger partial charge in [-0.2, -0.15) is 0 Å². The minimum absolute atomic E-state index is 0.778. The fourth-order valence-electron chi connectivity index (χ4n) is 1.22. The Balaban J connectivity index is 2.62. The van der Waals surface area contributed by atoms with Crippen molar-refractivity contribution in [2.45, 2.75) is 26.7 Å². The van der Waals surface area contributed by atoms with Gasteiger partial charge in [0.05, 0.1) is 0 Å². The van der Waals surface area contributed by atoms with E-state index in [0.29, 0.717) is 0 Å². The third-order valence-corrected chi connectivity index (χ3v) is 1.72. The van der Waals surface area contributed by atoms with Crippen LogP contribution in [0.3, 0.4) is 0 Å². The van der Waals surface area contributed by atoms with Crippen LogP contribution in [0.5, 0.6) is 0 Å². The van der Waals surface area contributed by atoms with Crippen molar-refractivity contribution in [3.63, 3.8) is 0 Å². The number of hydrogen-bond acceptors (Lipinski definition) is 0. The summed E-state index contributed by atoms with van der Waals surface area (Å²) in [6.45, 7) is 4.44. The Morgan fingerprint density at radius 3 is 3.11 bits per heavy atom. The minimum atomic E-state index is 0.778. The summed E-state index contributed by atoms with van der Waals surface area (Å²) in [5, 5.41) is 0. The molecule has 0 nitrogen and oxygen atoms in total. The highest BCUT2D eigenvalue weighted by atomic mass is 14.0. The molecule has 0 aromatic rings. The summed E-state index contributed by atoms with van der Waals surface area (Å²) >= 11 is 0. The van der Waals surface area contributed by atoms with Gasteiger partial charge in [-0.3, -0.25) is 0 Å². The van der Waals surface area contributed by atoms with Gasteiger partial charge in [-0.15, -0.1) is 0 Å². The Labute approximate surface area is 57.3 Å². The average molecular weight is 122 g/mol. The van der Waals surface area contributed by atoms with E-state index in [-0.39, 0.29) is 0 Å². The maximum absolute atomic E-state index is 2.34. The smallest absolute Gasteiger partial charge is 0.0253 e. The first kappa shape index (κ1) is 6.60. The second-order valence-corrected chi connectivity index (χ2v) is 2.87. The zero-order valence-electron chi connectivity index (χ0n) is 6.22. The molecule has 0 saturated heterocycles. The van der Waals surface area contributed by atoms with E-state index in [9.17, 15) is 0 Å². The molecule has 0 radical (unpaired) electrons. The van der Waals surface area contributed by atoms with Gasteiger partial charge in [0.2, 0.25) is 0 Å². The molecule has 0 bridgehead atoms. The van der Waals surface area contributed by atoms with E-state index in [2.05, 4.69) is 32.1 Å². The van der Waals surface area contributed by atoms with Crippen molar-refractivity contribution in [1.82, 2.24) is 0 Å². The van der Waals surface area contributed by atoms with Crippen LogP contribution >= 0.6 is 0 Å². The SMILES string of the molecule is CC1=CC(C)CCC=C1. The van der Waals surface area contributed by atoms with Crippen molar-refractivity contribution < 1.29 is 0 Å². The Morgan fingerprint density at radius 1 is 1.56 bits per heavy atom. The van der Waals surface area contributed by atoms with Crippen LogP contribution in [0.4, 0.5) is 0 Å². The van der Waals surface area contributed by atoms with E-state index < -0.39 is 0 Å². The predicted molar refractivity (Wildman–Crippen MR) is 41.3 cm³/mol. The Morgan fingerprint density at radius 2 is 2.33 bits per heavy atom. The van der Waals surface area contributed by atoms with Crippen molar-refractivity contribution in [3.05, 3.63) is 23.8 Å². The van der Waals surface area contributed by atoms with Crippen molar-refractivity contribution in [3.8, 4) is 0 Å². The lowest BCUT2D eigenvalue weighted by Gasteiger charge is -1.99. The predicted octanol–water partition coefficient (Wildman–Crippen LogP) is 2.92. The maximum Gasteiger partial charge on any atom is -0.0253 e. The molecule has 0 aromatic carbocycles. The molecule has 0 amide bonds. The summed E-state index contributed by atoms with van der Waals surface area (Å²) in [5.41, 5.74) is 1.42. The third kappa shape index (κ3) is 2.05. The fourth-order valence-corrected chi connectivity index (χ4v) is 1.22. The molecule has 1 rings (SSSR count). The van der Waals surface area contributed by atoms with Gasteiger partial charge in [-0.1, -0.05) is 30.7 Å². The van der Waals surface area contributed by atoms with Crippen LogP contribution in [0.25, 0.3) is 0 Å². The molecule has 50 valence electrons. The van der Waals surface area contributed by atoms with Gasteiger partial charge in [0.1, 0.15) is 0 Å². The summed E-state index contributed by atoms with van der Waals surface area (Å²) in [7, 11) is 0. The minimum Gasteiger partial charge on any atom is -0.0843 e. The van der Waals surface area contributed by atoms with E-state index in [1.807, 2.05) is 0 Å². The van der Waals surface area contributed by atoms with Crippen molar-refractivity contribution >= 4 is 0 Å². The summed E-state index contributed by atoms with van der Waals surface area (Å²) in [4.78, 5) is 0. The van der Waals surface area contributed by atoms with Crippen LogP contribution in [-0.2, 0) is 0 Å². The van der Waals surface area contributed by atoms with E-state index in [1.165, 1.54) is 18.4 Å². The zero-order chi connectivity index (χ0) is 6.69. The fraction of sp³-hybridized carbons (Fsp3) is 0.556. The first-order valence-corrected chi connectivity index (χ1v) is 3.64. The molecule has 0 aromatic heterocycles. The van der Waals surface area contributed by atoms with Crippen LogP contribution < -0.4 is 0 Å². The molecule has 0 saturated carbocycles. The highest BCUT2D eigenvalue weighted by molar-refractivity contribution is 5.18. The summed E-state index contributed by atoms with van der Waals surface area (Å²) in [5.74, 6) is 0.778. The van der Waals surface area contributed by atoms with E-state index in [4.69, 9.17) is 0 Å². The molecule has 0 N–H and O–H groups in total. The molecule has 1 aliphatic carbocycles. The molecular weight excluding hydrogens is 108 g/mol. The van der Waals surface area contributed by atoms with Gasteiger partial charge in [-0.25, -0.2) is 0 Å². The summed E-state index contributed by atoms with van der Waals surface area (Å²) < 4.78 is 0. The average Bonchev–Trinajstić information content (AvgIpc) is 1.93. The van der Waals surface area contributed by atoms with Gasteiger partial charge in [0.15, 0.2) is 0 Å². The second-order valence-electron chi connectivity index (χ2n) is 2.87. The van der Waals surface area contributed by atoms with E-state index >= 15 is 0 Å². The molecule has 0 spiro atoms. The highest BCUT2D eigenvalue weighted by Crippen LogP contribution is 2.15. The lowest BCUT2D eigenvalue weighted by molar-refractivity contribution is 0.660. The normalized spacial score (nSPS) is 27.3. The molecule has 0 heteroatoms. The maximum atomic E-state index is 2.34. The summed E-state index contributed by atoms with van der Waals surface area (Å²) in [6.07, 6.45) is 9.37. The van der Waals surface area contributed by atoms with E-state index in [0.717, 1.165) is 5.92 Å². The molecule has 9 heavy (non-hydrogen) atoms. The quantitative estimate of drug-likeness (QED) is 0.463. The summed E-state index contributed by atoms with van der Waals surface area (Å²) in [6, 6.07) is 0. The van der Waals surface area contributed by atoms with Gasteiger partial charge in [0.25, 0.3) is 0 Å². The van der Waals surface area contributed by atoms with Crippen molar-refractivity contribution in [1.29, 1.82) is 0 Å². The van der Waals surface area contributed by atoms with Gasteiger partial charge in [0, 0.05) is 0 Å². The number of rotatable bonds is 0. The van der Waals surface area contributed by atoms with Crippen LogP contribution in [0.15, 0.2) is 23.8 Å². The Hall–Kier alpha value is -0.520. The van der Waals surface area contributed by atoms with Crippen LogP contribution in [0, 0.1) is 5.92 Å². The van der Waals surface area contributed by atoms with Crippen LogP contribution in [-0.4, -0.2) is 0 Å².